The summed E-state index contributed by atoms with van der Waals surface area (Å²) in [6.45, 7) is 1.91. The van der Waals surface area contributed by atoms with E-state index in [9.17, 15) is 18.3 Å². The molecule has 3 heterocycles. The molecule has 0 amide bonds. The molecular formula is C23H20ClF3N4O2. The number of halogens is 4. The van der Waals surface area contributed by atoms with E-state index in [1.165, 1.54) is 25.7 Å². The van der Waals surface area contributed by atoms with Crippen molar-refractivity contribution in [2.75, 3.05) is 7.11 Å². The Hall–Kier alpha value is -3.17. The van der Waals surface area contributed by atoms with Gasteiger partial charge in [0.1, 0.15) is 5.69 Å². The summed E-state index contributed by atoms with van der Waals surface area (Å²) in [6.07, 6.45) is -0.229. The summed E-state index contributed by atoms with van der Waals surface area (Å²) in [5.74, 6) is 0.397. The van der Waals surface area contributed by atoms with Crippen molar-refractivity contribution in [2.24, 2.45) is 7.05 Å². The van der Waals surface area contributed by atoms with Gasteiger partial charge in [-0.15, -0.1) is 0 Å². The number of imidazole rings is 1. The number of fused-ring (bicyclic) bond motifs is 1. The Balaban J connectivity index is 2.02. The first-order chi connectivity index (χ1) is 15.6. The average molecular weight is 477 g/mol. The van der Waals surface area contributed by atoms with Crippen LogP contribution in [0.3, 0.4) is 0 Å². The van der Waals surface area contributed by atoms with Crippen LogP contribution >= 0.6 is 11.6 Å². The van der Waals surface area contributed by atoms with E-state index >= 15 is 0 Å². The van der Waals surface area contributed by atoms with Crippen molar-refractivity contribution in [1.29, 1.82) is 0 Å². The lowest BCUT2D eigenvalue weighted by Gasteiger charge is -2.30. The maximum atomic E-state index is 13.4. The maximum Gasteiger partial charge on any atom is 0.433 e. The molecule has 0 spiro atoms. The van der Waals surface area contributed by atoms with Gasteiger partial charge < -0.3 is 14.4 Å². The van der Waals surface area contributed by atoms with Crippen LogP contribution in [0.25, 0.3) is 10.9 Å². The standard InChI is InChI=1S/C23H20ClF3N4O2/c1-4-15-20(24)16-9-13(5-6-17(16)30-21(15)33-3)22(32,19-11-28-12-31(19)2)14-7-8-29-18(10-14)23(25,26)27/h5-12,32H,4H2,1-3H3. The van der Waals surface area contributed by atoms with Gasteiger partial charge in [-0.05, 0) is 41.8 Å². The number of aliphatic hydroxyl groups is 1. The molecule has 4 rings (SSSR count). The number of benzene rings is 1. The fourth-order valence-electron chi connectivity index (χ4n) is 3.92. The third kappa shape index (κ3) is 3.81. The number of methoxy groups -OCH3 is 1. The Labute approximate surface area is 192 Å². The van der Waals surface area contributed by atoms with E-state index in [0.29, 0.717) is 39.4 Å². The maximum absolute atomic E-state index is 13.4. The largest absolute Gasteiger partial charge is 0.481 e. The number of ether oxygens (including phenoxy) is 1. The van der Waals surface area contributed by atoms with Crippen LogP contribution in [-0.4, -0.2) is 31.7 Å². The summed E-state index contributed by atoms with van der Waals surface area (Å²) in [7, 11) is 3.15. The Bertz CT molecular complexity index is 1340. The van der Waals surface area contributed by atoms with Crippen LogP contribution < -0.4 is 4.74 Å². The minimum atomic E-state index is -4.67. The third-order valence-corrected chi connectivity index (χ3v) is 6.03. The van der Waals surface area contributed by atoms with Gasteiger partial charge in [-0.2, -0.15) is 13.2 Å². The number of nitrogens with zero attached hydrogens (tertiary/aromatic N) is 4. The fourth-order valence-corrected chi connectivity index (χ4v) is 4.29. The molecule has 0 bridgehead atoms. The zero-order chi connectivity index (χ0) is 24.0. The predicted octanol–water partition coefficient (Wildman–Crippen LogP) is 4.89. The van der Waals surface area contributed by atoms with Gasteiger partial charge in [0, 0.05) is 24.2 Å². The molecule has 1 aromatic carbocycles. The zero-order valence-corrected chi connectivity index (χ0v) is 18.7. The zero-order valence-electron chi connectivity index (χ0n) is 18.0. The summed E-state index contributed by atoms with van der Waals surface area (Å²) in [6, 6.07) is 7.05. The van der Waals surface area contributed by atoms with Crippen LogP contribution in [0.4, 0.5) is 13.2 Å². The second kappa shape index (κ2) is 8.31. The van der Waals surface area contributed by atoms with Crippen LogP contribution in [0.15, 0.2) is 49.1 Å². The molecule has 0 saturated carbocycles. The molecule has 0 radical (unpaired) electrons. The van der Waals surface area contributed by atoms with Gasteiger partial charge in [-0.1, -0.05) is 24.6 Å². The molecule has 10 heteroatoms. The van der Waals surface area contributed by atoms with Crippen molar-refractivity contribution in [1.82, 2.24) is 19.5 Å². The van der Waals surface area contributed by atoms with Crippen LogP contribution in [0.1, 0.15) is 35.0 Å². The quantitative estimate of drug-likeness (QED) is 0.444. The lowest BCUT2D eigenvalue weighted by atomic mass is 9.83. The van der Waals surface area contributed by atoms with Crippen molar-refractivity contribution in [3.05, 3.63) is 82.2 Å². The average Bonchev–Trinajstić information content (AvgIpc) is 3.24. The minimum absolute atomic E-state index is 0.0129. The van der Waals surface area contributed by atoms with Crippen LogP contribution in [0, 0.1) is 0 Å². The van der Waals surface area contributed by atoms with Crippen molar-refractivity contribution in [3.8, 4) is 5.88 Å². The highest BCUT2D eigenvalue weighted by atomic mass is 35.5. The molecule has 0 aliphatic heterocycles. The number of hydrogen-bond acceptors (Lipinski definition) is 5. The van der Waals surface area contributed by atoms with E-state index < -0.39 is 17.5 Å². The Kier molecular flexibility index (Phi) is 5.79. The molecule has 3 aromatic heterocycles. The Morgan fingerprint density at radius 1 is 1.15 bits per heavy atom. The summed E-state index contributed by atoms with van der Waals surface area (Å²) in [5, 5.41) is 13.0. The van der Waals surface area contributed by atoms with E-state index in [4.69, 9.17) is 16.3 Å². The molecule has 0 aliphatic carbocycles. The molecule has 6 nitrogen and oxygen atoms in total. The van der Waals surface area contributed by atoms with Crippen molar-refractivity contribution >= 4 is 22.5 Å². The molecule has 1 N–H and O–H groups in total. The number of aryl methyl sites for hydroxylation is 1. The van der Waals surface area contributed by atoms with Crippen LogP contribution in [0.2, 0.25) is 5.02 Å². The van der Waals surface area contributed by atoms with Crippen LogP contribution in [0.5, 0.6) is 5.88 Å². The second-order valence-corrected chi connectivity index (χ2v) is 7.90. The van der Waals surface area contributed by atoms with Gasteiger partial charge in [0.2, 0.25) is 5.88 Å². The molecule has 4 aromatic rings. The van der Waals surface area contributed by atoms with E-state index in [1.807, 2.05) is 6.92 Å². The number of rotatable bonds is 5. The third-order valence-electron chi connectivity index (χ3n) is 5.60. The monoisotopic (exact) mass is 476 g/mol. The molecule has 0 aliphatic rings. The van der Waals surface area contributed by atoms with E-state index in [-0.39, 0.29) is 11.3 Å². The summed E-state index contributed by atoms with van der Waals surface area (Å²) >= 11 is 6.66. The van der Waals surface area contributed by atoms with Gasteiger partial charge in [0.15, 0.2) is 5.60 Å². The highest BCUT2D eigenvalue weighted by Crippen LogP contribution is 2.41. The summed E-state index contributed by atoms with van der Waals surface area (Å²) in [5.41, 5.74) is -1.31. The van der Waals surface area contributed by atoms with E-state index in [2.05, 4.69) is 15.0 Å². The SMILES string of the molecule is CCc1c(OC)nc2ccc(C(O)(c3ccnc(C(F)(F)F)c3)c3cncn3C)cc2c1Cl. The molecule has 172 valence electrons. The normalized spacial score (nSPS) is 13.8. The molecule has 33 heavy (non-hydrogen) atoms. The Morgan fingerprint density at radius 3 is 2.48 bits per heavy atom. The first kappa shape index (κ1) is 23.0. The topological polar surface area (TPSA) is 73.1 Å². The van der Waals surface area contributed by atoms with E-state index in [1.54, 1.807) is 29.8 Å². The molecule has 1 atom stereocenters. The fraction of sp³-hybridized carbons (Fsp3) is 0.261. The van der Waals surface area contributed by atoms with Gasteiger partial charge in [-0.25, -0.2) is 9.97 Å². The first-order valence-corrected chi connectivity index (χ1v) is 10.4. The van der Waals surface area contributed by atoms with Gasteiger partial charge in [0.25, 0.3) is 0 Å². The van der Waals surface area contributed by atoms with Gasteiger partial charge in [0.05, 0.1) is 35.9 Å². The Morgan fingerprint density at radius 2 is 1.88 bits per heavy atom. The van der Waals surface area contributed by atoms with Gasteiger partial charge in [-0.3, -0.25) is 4.98 Å². The van der Waals surface area contributed by atoms with E-state index in [0.717, 1.165) is 12.3 Å². The van der Waals surface area contributed by atoms with Crippen molar-refractivity contribution in [3.63, 3.8) is 0 Å². The lowest BCUT2D eigenvalue weighted by molar-refractivity contribution is -0.141. The molecule has 1 unspecified atom stereocenters. The highest BCUT2D eigenvalue weighted by molar-refractivity contribution is 6.36. The molecular weight excluding hydrogens is 457 g/mol. The summed E-state index contributed by atoms with van der Waals surface area (Å²) in [4.78, 5) is 12.0. The number of hydrogen-bond donors (Lipinski definition) is 1. The lowest BCUT2D eigenvalue weighted by Crippen LogP contribution is -2.31. The smallest absolute Gasteiger partial charge is 0.433 e. The van der Waals surface area contributed by atoms with Gasteiger partial charge >= 0.3 is 6.18 Å². The van der Waals surface area contributed by atoms with Crippen LogP contribution in [-0.2, 0) is 25.2 Å². The van der Waals surface area contributed by atoms with Crippen molar-refractivity contribution in [2.45, 2.75) is 25.1 Å². The number of pyridine rings is 2. The summed E-state index contributed by atoms with van der Waals surface area (Å²) < 4.78 is 47.1. The molecule has 0 fully saturated rings. The second-order valence-electron chi connectivity index (χ2n) is 7.53. The minimum Gasteiger partial charge on any atom is -0.481 e. The molecule has 0 saturated heterocycles. The predicted molar refractivity (Wildman–Crippen MR) is 117 cm³/mol. The van der Waals surface area contributed by atoms with Crippen molar-refractivity contribution < 1.29 is 23.0 Å². The number of aromatic nitrogens is 4. The highest BCUT2D eigenvalue weighted by Gasteiger charge is 2.40. The first-order valence-electron chi connectivity index (χ1n) is 10.0. The number of alkyl halides is 3.